The summed E-state index contributed by atoms with van der Waals surface area (Å²) in [6.07, 6.45) is 0. The molecule has 0 fully saturated rings. The summed E-state index contributed by atoms with van der Waals surface area (Å²) >= 11 is 0. The SMILES string of the molecule is Cc1ccc(-c2ccc(N(c3ccccc3)c3ccc(N(C)c4ccccc4)cc3)cc2)cc1. The van der Waals surface area contributed by atoms with Crippen LogP contribution in [0, 0.1) is 6.92 Å². The summed E-state index contributed by atoms with van der Waals surface area (Å²) in [7, 11) is 2.10. The lowest BCUT2D eigenvalue weighted by Crippen LogP contribution is -2.11. The van der Waals surface area contributed by atoms with Crippen LogP contribution in [0.25, 0.3) is 11.1 Å². The first-order chi connectivity index (χ1) is 16.7. The minimum Gasteiger partial charge on any atom is -0.345 e. The van der Waals surface area contributed by atoms with E-state index < -0.39 is 0 Å². The van der Waals surface area contributed by atoms with Gasteiger partial charge < -0.3 is 9.80 Å². The van der Waals surface area contributed by atoms with Gasteiger partial charge in [-0.3, -0.25) is 0 Å². The Balaban J connectivity index is 1.48. The molecule has 5 aromatic rings. The van der Waals surface area contributed by atoms with Crippen LogP contribution in [0.4, 0.5) is 28.4 Å². The average Bonchev–Trinajstić information content (AvgIpc) is 2.91. The largest absolute Gasteiger partial charge is 0.345 e. The number of anilines is 5. The topological polar surface area (TPSA) is 6.48 Å². The molecule has 5 rings (SSSR count). The van der Waals surface area contributed by atoms with Crippen LogP contribution in [0.3, 0.4) is 0 Å². The fraction of sp³-hybridized carbons (Fsp3) is 0.0625. The van der Waals surface area contributed by atoms with Gasteiger partial charge in [-0.25, -0.2) is 0 Å². The zero-order valence-electron chi connectivity index (χ0n) is 19.6. The number of nitrogens with zero attached hydrogens (tertiary/aromatic N) is 2. The molecule has 2 heteroatoms. The third kappa shape index (κ3) is 4.57. The third-order valence-electron chi connectivity index (χ3n) is 6.16. The van der Waals surface area contributed by atoms with Gasteiger partial charge in [-0.05, 0) is 78.7 Å². The summed E-state index contributed by atoms with van der Waals surface area (Å²) in [5.41, 5.74) is 9.44. The van der Waals surface area contributed by atoms with E-state index in [1.165, 1.54) is 22.4 Å². The summed E-state index contributed by atoms with van der Waals surface area (Å²) in [5, 5.41) is 0. The van der Waals surface area contributed by atoms with Crippen LogP contribution >= 0.6 is 0 Å². The second-order valence-corrected chi connectivity index (χ2v) is 8.49. The van der Waals surface area contributed by atoms with Gasteiger partial charge in [0.15, 0.2) is 0 Å². The predicted octanol–water partition coefficient (Wildman–Crippen LogP) is 8.90. The molecule has 0 saturated carbocycles. The van der Waals surface area contributed by atoms with Crippen molar-refractivity contribution in [1.29, 1.82) is 0 Å². The lowest BCUT2D eigenvalue weighted by atomic mass is 10.0. The Morgan fingerprint density at radius 2 is 0.735 bits per heavy atom. The van der Waals surface area contributed by atoms with Crippen molar-refractivity contribution in [3.8, 4) is 11.1 Å². The highest BCUT2D eigenvalue weighted by atomic mass is 15.1. The number of para-hydroxylation sites is 2. The molecule has 0 aromatic heterocycles. The van der Waals surface area contributed by atoms with Crippen LogP contribution in [0.15, 0.2) is 133 Å². The maximum absolute atomic E-state index is 2.30. The number of rotatable bonds is 6. The summed E-state index contributed by atoms with van der Waals surface area (Å²) < 4.78 is 0. The number of hydrogen-bond donors (Lipinski definition) is 0. The molecular weight excluding hydrogens is 412 g/mol. The first-order valence-electron chi connectivity index (χ1n) is 11.6. The summed E-state index contributed by atoms with van der Waals surface area (Å²) in [5.74, 6) is 0. The first kappa shape index (κ1) is 21.5. The van der Waals surface area contributed by atoms with Crippen LogP contribution < -0.4 is 9.80 Å². The molecule has 0 bridgehead atoms. The molecule has 0 radical (unpaired) electrons. The molecule has 0 saturated heterocycles. The lowest BCUT2D eigenvalue weighted by molar-refractivity contribution is 1.20. The Morgan fingerprint density at radius 3 is 1.26 bits per heavy atom. The molecule has 0 amide bonds. The predicted molar refractivity (Wildman–Crippen MR) is 146 cm³/mol. The number of hydrogen-bond acceptors (Lipinski definition) is 2. The van der Waals surface area contributed by atoms with Gasteiger partial charge in [0.25, 0.3) is 0 Å². The molecule has 5 aromatic carbocycles. The van der Waals surface area contributed by atoms with Crippen molar-refractivity contribution >= 4 is 28.4 Å². The third-order valence-corrected chi connectivity index (χ3v) is 6.16. The zero-order valence-corrected chi connectivity index (χ0v) is 19.6. The molecule has 0 N–H and O–H groups in total. The van der Waals surface area contributed by atoms with Crippen molar-refractivity contribution in [2.75, 3.05) is 16.8 Å². The van der Waals surface area contributed by atoms with Crippen LogP contribution in [0.5, 0.6) is 0 Å². The van der Waals surface area contributed by atoms with E-state index in [4.69, 9.17) is 0 Å². The fourth-order valence-electron chi connectivity index (χ4n) is 4.20. The molecule has 0 aliphatic heterocycles. The average molecular weight is 441 g/mol. The van der Waals surface area contributed by atoms with E-state index in [0.29, 0.717) is 0 Å². The Labute approximate surface area is 202 Å². The van der Waals surface area contributed by atoms with Gasteiger partial charge in [-0.2, -0.15) is 0 Å². The highest BCUT2D eigenvalue weighted by Crippen LogP contribution is 2.36. The van der Waals surface area contributed by atoms with Crippen molar-refractivity contribution < 1.29 is 0 Å². The van der Waals surface area contributed by atoms with Crippen LogP contribution in [0.1, 0.15) is 5.56 Å². The second-order valence-electron chi connectivity index (χ2n) is 8.49. The van der Waals surface area contributed by atoms with Crippen LogP contribution in [0.2, 0.25) is 0 Å². The molecule has 166 valence electrons. The van der Waals surface area contributed by atoms with Crippen molar-refractivity contribution in [2.45, 2.75) is 6.92 Å². The Bertz CT molecular complexity index is 1320. The molecule has 0 heterocycles. The number of benzene rings is 5. The van der Waals surface area contributed by atoms with E-state index in [-0.39, 0.29) is 0 Å². The Hall–Kier alpha value is -4.30. The van der Waals surface area contributed by atoms with E-state index in [1.807, 2.05) is 6.07 Å². The minimum atomic E-state index is 1.12. The van der Waals surface area contributed by atoms with Gasteiger partial charge in [0, 0.05) is 35.5 Å². The molecule has 0 aliphatic carbocycles. The van der Waals surface area contributed by atoms with Crippen molar-refractivity contribution in [3.63, 3.8) is 0 Å². The molecule has 0 spiro atoms. The van der Waals surface area contributed by atoms with E-state index in [2.05, 4.69) is 151 Å². The quantitative estimate of drug-likeness (QED) is 0.260. The van der Waals surface area contributed by atoms with E-state index in [0.717, 1.165) is 22.7 Å². The van der Waals surface area contributed by atoms with Gasteiger partial charge in [0.1, 0.15) is 0 Å². The summed E-state index contributed by atoms with van der Waals surface area (Å²) in [6.45, 7) is 2.12. The second kappa shape index (κ2) is 9.68. The van der Waals surface area contributed by atoms with Crippen molar-refractivity contribution in [3.05, 3.63) is 139 Å². The molecule has 34 heavy (non-hydrogen) atoms. The molecule has 2 nitrogen and oxygen atoms in total. The van der Waals surface area contributed by atoms with Crippen molar-refractivity contribution in [2.24, 2.45) is 0 Å². The van der Waals surface area contributed by atoms with E-state index >= 15 is 0 Å². The molecule has 0 aliphatic rings. The van der Waals surface area contributed by atoms with Crippen LogP contribution in [-0.2, 0) is 0 Å². The first-order valence-corrected chi connectivity index (χ1v) is 11.6. The maximum Gasteiger partial charge on any atom is 0.0463 e. The molecule has 0 unspecified atom stereocenters. The monoisotopic (exact) mass is 440 g/mol. The summed E-state index contributed by atoms with van der Waals surface area (Å²) in [4.78, 5) is 4.50. The minimum absolute atomic E-state index is 1.12. The summed E-state index contributed by atoms with van der Waals surface area (Å²) in [6, 6.07) is 47.2. The highest BCUT2D eigenvalue weighted by molar-refractivity contribution is 5.79. The van der Waals surface area contributed by atoms with Gasteiger partial charge in [-0.1, -0.05) is 78.4 Å². The van der Waals surface area contributed by atoms with Gasteiger partial charge in [0.05, 0.1) is 0 Å². The van der Waals surface area contributed by atoms with Crippen molar-refractivity contribution in [1.82, 2.24) is 0 Å². The van der Waals surface area contributed by atoms with E-state index in [1.54, 1.807) is 0 Å². The Kier molecular flexibility index (Phi) is 6.13. The molecule has 0 atom stereocenters. The standard InChI is InChI=1S/C32H28N2/c1-25-13-15-26(16-14-25)27-17-19-31(20-18-27)34(30-11-7-4-8-12-30)32-23-21-29(22-24-32)33(2)28-9-5-3-6-10-28/h3-24H,1-2H3. The Morgan fingerprint density at radius 1 is 0.382 bits per heavy atom. The normalized spacial score (nSPS) is 10.6. The number of aryl methyl sites for hydroxylation is 1. The van der Waals surface area contributed by atoms with Gasteiger partial charge in [-0.15, -0.1) is 0 Å². The van der Waals surface area contributed by atoms with Gasteiger partial charge >= 0.3 is 0 Å². The fourth-order valence-corrected chi connectivity index (χ4v) is 4.20. The highest BCUT2D eigenvalue weighted by Gasteiger charge is 2.13. The lowest BCUT2D eigenvalue weighted by Gasteiger charge is -2.27. The van der Waals surface area contributed by atoms with Crippen LogP contribution in [-0.4, -0.2) is 7.05 Å². The van der Waals surface area contributed by atoms with E-state index in [9.17, 15) is 0 Å². The maximum atomic E-state index is 2.30. The molecular formula is C32H28N2. The zero-order chi connectivity index (χ0) is 23.3. The van der Waals surface area contributed by atoms with Gasteiger partial charge in [0.2, 0.25) is 0 Å². The smallest absolute Gasteiger partial charge is 0.0463 e.